The minimum Gasteiger partial charge on any atom is -0.379 e. The van der Waals surface area contributed by atoms with E-state index in [1.54, 1.807) is 11.4 Å². The molecule has 124 valence electrons. The van der Waals surface area contributed by atoms with Gasteiger partial charge in [0.25, 0.3) is 5.56 Å². The predicted octanol–water partition coefficient (Wildman–Crippen LogP) is 0.800. The number of fused-ring (bicyclic) bond motifs is 3. The molecule has 8 nitrogen and oxygen atoms in total. The smallest absolute Gasteiger partial charge is 0.329 e. The predicted molar refractivity (Wildman–Crippen MR) is 87.0 cm³/mol. The molecule has 0 aliphatic rings. The summed E-state index contributed by atoms with van der Waals surface area (Å²) in [5.41, 5.74) is 0.906. The van der Waals surface area contributed by atoms with Crippen LogP contribution < -0.4 is 11.2 Å². The molecule has 3 aromatic heterocycles. The first-order chi connectivity index (χ1) is 10.9. The molecule has 0 saturated carbocycles. The first-order valence-corrected chi connectivity index (χ1v) is 7.69. The number of aromatic nitrogens is 5. The van der Waals surface area contributed by atoms with Crippen LogP contribution in [-0.4, -0.2) is 36.2 Å². The van der Waals surface area contributed by atoms with Crippen LogP contribution >= 0.6 is 0 Å². The van der Waals surface area contributed by atoms with E-state index in [9.17, 15) is 9.59 Å². The van der Waals surface area contributed by atoms with Gasteiger partial charge in [-0.3, -0.25) is 18.7 Å². The molecule has 3 rings (SSSR count). The van der Waals surface area contributed by atoms with Crippen LogP contribution in [0.2, 0.25) is 0 Å². The van der Waals surface area contributed by atoms with E-state index in [1.807, 2.05) is 31.5 Å². The third-order valence-corrected chi connectivity index (χ3v) is 3.89. The van der Waals surface area contributed by atoms with Gasteiger partial charge in [-0.15, -0.1) is 0 Å². The van der Waals surface area contributed by atoms with Crippen LogP contribution in [0.1, 0.15) is 26.0 Å². The zero-order valence-corrected chi connectivity index (χ0v) is 13.8. The third kappa shape index (κ3) is 2.59. The summed E-state index contributed by atoms with van der Waals surface area (Å²) in [4.78, 5) is 30.7. The lowest BCUT2D eigenvalue weighted by atomic mass is 10.4. The molecule has 0 unspecified atom stereocenters. The van der Waals surface area contributed by atoms with E-state index < -0.39 is 11.2 Å². The largest absolute Gasteiger partial charge is 0.379 e. The Kier molecular flexibility index (Phi) is 3.85. The van der Waals surface area contributed by atoms with Crippen molar-refractivity contribution in [3.8, 4) is 0 Å². The van der Waals surface area contributed by atoms with Crippen molar-refractivity contribution in [3.05, 3.63) is 32.7 Å². The fourth-order valence-corrected chi connectivity index (χ4v) is 2.74. The number of ether oxygens (including phenoxy) is 1. The van der Waals surface area contributed by atoms with Gasteiger partial charge >= 0.3 is 5.69 Å². The molecule has 8 heteroatoms. The van der Waals surface area contributed by atoms with Gasteiger partial charge in [0.05, 0.1) is 6.10 Å². The summed E-state index contributed by atoms with van der Waals surface area (Å²) in [6.07, 6.45) is 2.93. The van der Waals surface area contributed by atoms with E-state index >= 15 is 0 Å². The Morgan fingerprint density at radius 1 is 1.35 bits per heavy atom. The molecule has 0 amide bonds. The zero-order chi connectivity index (χ0) is 16.7. The van der Waals surface area contributed by atoms with Gasteiger partial charge in [-0.2, -0.15) is 4.98 Å². The van der Waals surface area contributed by atoms with Gasteiger partial charge in [-0.25, -0.2) is 4.79 Å². The number of aryl methyl sites for hydroxylation is 3. The highest BCUT2D eigenvalue weighted by atomic mass is 16.5. The molecular weight excluding hydrogens is 298 g/mol. The van der Waals surface area contributed by atoms with E-state index in [0.717, 1.165) is 18.7 Å². The Hall–Kier alpha value is -2.35. The minimum absolute atomic E-state index is 0.211. The van der Waals surface area contributed by atoms with E-state index in [-0.39, 0.29) is 6.10 Å². The second-order valence-corrected chi connectivity index (χ2v) is 5.97. The molecule has 0 radical (unpaired) electrons. The number of aromatic amines is 1. The first kappa shape index (κ1) is 15.5. The Bertz CT molecular complexity index is 973. The lowest BCUT2D eigenvalue weighted by Crippen LogP contribution is -2.28. The lowest BCUT2D eigenvalue weighted by molar-refractivity contribution is 0.0749. The van der Waals surface area contributed by atoms with Crippen LogP contribution in [0, 0.1) is 6.92 Å². The van der Waals surface area contributed by atoms with Gasteiger partial charge in [-0.1, -0.05) is 0 Å². The Morgan fingerprint density at radius 3 is 2.78 bits per heavy atom. The third-order valence-electron chi connectivity index (χ3n) is 3.89. The first-order valence-electron chi connectivity index (χ1n) is 7.69. The molecule has 0 atom stereocenters. The fraction of sp³-hybridized carbons (Fsp3) is 0.533. The van der Waals surface area contributed by atoms with E-state index in [4.69, 9.17) is 4.74 Å². The molecule has 1 N–H and O–H groups in total. The van der Waals surface area contributed by atoms with E-state index in [0.29, 0.717) is 23.5 Å². The highest BCUT2D eigenvalue weighted by Gasteiger charge is 2.17. The van der Waals surface area contributed by atoms with Crippen molar-refractivity contribution in [1.82, 2.24) is 23.5 Å². The van der Waals surface area contributed by atoms with Crippen molar-refractivity contribution in [2.45, 2.75) is 39.8 Å². The fourth-order valence-electron chi connectivity index (χ4n) is 2.74. The summed E-state index contributed by atoms with van der Waals surface area (Å²) in [5.74, 6) is 0.661. The summed E-state index contributed by atoms with van der Waals surface area (Å²) in [7, 11) is 1.60. The van der Waals surface area contributed by atoms with Gasteiger partial charge in [0, 0.05) is 32.1 Å². The van der Waals surface area contributed by atoms with Crippen LogP contribution in [0.15, 0.2) is 15.8 Å². The quantitative estimate of drug-likeness (QED) is 0.705. The van der Waals surface area contributed by atoms with Gasteiger partial charge in [0.15, 0.2) is 11.2 Å². The van der Waals surface area contributed by atoms with Crippen LogP contribution in [0.4, 0.5) is 0 Å². The maximum Gasteiger partial charge on any atom is 0.329 e. The number of nitrogens with one attached hydrogen (secondary N) is 1. The summed E-state index contributed by atoms with van der Waals surface area (Å²) < 4.78 is 10.7. The SMILES string of the molecule is Cc1cn2c3c(=O)[nH]c(=O)n(C)c3nc2n1CCCOC(C)C. The van der Waals surface area contributed by atoms with Crippen molar-refractivity contribution in [3.63, 3.8) is 0 Å². The van der Waals surface area contributed by atoms with E-state index in [1.165, 1.54) is 4.57 Å². The average molecular weight is 319 g/mol. The number of rotatable bonds is 5. The van der Waals surface area contributed by atoms with E-state index in [2.05, 4.69) is 9.97 Å². The molecule has 0 aromatic carbocycles. The Labute approximate surface area is 132 Å². The second kappa shape index (κ2) is 5.69. The molecule has 0 aliphatic heterocycles. The molecule has 0 fully saturated rings. The Balaban J connectivity index is 2.06. The second-order valence-electron chi connectivity index (χ2n) is 5.97. The minimum atomic E-state index is -0.461. The maximum absolute atomic E-state index is 12.1. The van der Waals surface area contributed by atoms with Gasteiger partial charge in [0.2, 0.25) is 5.78 Å². The van der Waals surface area contributed by atoms with Crippen LogP contribution in [0.3, 0.4) is 0 Å². The standard InChI is InChI=1S/C15H21N5O3/c1-9(2)23-7-5-6-19-10(3)8-20-11-12(16-14(19)20)18(4)15(22)17-13(11)21/h8-9H,5-7H2,1-4H3,(H,17,21,22). The number of hydrogen-bond acceptors (Lipinski definition) is 4. The molecule has 0 bridgehead atoms. The summed E-state index contributed by atoms with van der Waals surface area (Å²) in [5, 5.41) is 0. The average Bonchev–Trinajstić information content (AvgIpc) is 2.97. The summed E-state index contributed by atoms with van der Waals surface area (Å²) >= 11 is 0. The summed E-state index contributed by atoms with van der Waals surface area (Å²) in [6, 6.07) is 0. The molecular formula is C15H21N5O3. The zero-order valence-electron chi connectivity index (χ0n) is 13.8. The number of hydrogen-bond donors (Lipinski definition) is 1. The molecule has 3 aromatic rings. The Morgan fingerprint density at radius 2 is 2.09 bits per heavy atom. The molecule has 0 aliphatic carbocycles. The molecule has 0 saturated heterocycles. The summed E-state index contributed by atoms with van der Waals surface area (Å²) in [6.45, 7) is 7.39. The van der Waals surface area contributed by atoms with Gasteiger partial charge < -0.3 is 9.30 Å². The van der Waals surface area contributed by atoms with Crippen molar-refractivity contribution >= 4 is 16.9 Å². The van der Waals surface area contributed by atoms with Crippen molar-refractivity contribution in [2.24, 2.45) is 7.05 Å². The highest BCUT2D eigenvalue weighted by molar-refractivity contribution is 5.75. The molecule has 0 spiro atoms. The number of imidazole rings is 2. The monoisotopic (exact) mass is 319 g/mol. The number of H-pyrrole nitrogens is 1. The lowest BCUT2D eigenvalue weighted by Gasteiger charge is -2.08. The highest BCUT2D eigenvalue weighted by Crippen LogP contribution is 2.16. The van der Waals surface area contributed by atoms with Crippen LogP contribution in [0.25, 0.3) is 16.9 Å². The molecule has 23 heavy (non-hydrogen) atoms. The van der Waals surface area contributed by atoms with Gasteiger partial charge in [-0.05, 0) is 27.2 Å². The molecule has 3 heterocycles. The van der Waals surface area contributed by atoms with Gasteiger partial charge in [0.1, 0.15) is 0 Å². The normalized spacial score (nSPS) is 12.0. The maximum atomic E-state index is 12.1. The van der Waals surface area contributed by atoms with Crippen molar-refractivity contribution in [1.29, 1.82) is 0 Å². The number of nitrogens with zero attached hydrogens (tertiary/aromatic N) is 4. The van der Waals surface area contributed by atoms with Crippen LogP contribution in [0.5, 0.6) is 0 Å². The van der Waals surface area contributed by atoms with Crippen molar-refractivity contribution < 1.29 is 4.74 Å². The van der Waals surface area contributed by atoms with Crippen molar-refractivity contribution in [2.75, 3.05) is 6.61 Å². The van der Waals surface area contributed by atoms with Crippen LogP contribution in [-0.2, 0) is 18.3 Å². The topological polar surface area (TPSA) is 86.3 Å².